The molecule has 2 aromatic rings. The summed E-state index contributed by atoms with van der Waals surface area (Å²) in [6.07, 6.45) is 2.73. The maximum absolute atomic E-state index is 14.5. The van der Waals surface area contributed by atoms with Gasteiger partial charge in [0.1, 0.15) is 30.0 Å². The number of nitrogens with one attached hydrogen (secondary N) is 2. The topological polar surface area (TPSA) is 134 Å². The SMILES string of the molecule is CCCCCCN(C(=O)C(Cc1ccc(O)cc1)NC(=O)OC(C)(C)C)C(C(=O)NCC(=O)OC)c1cccc(C)c1C. The molecule has 2 atom stereocenters. The lowest BCUT2D eigenvalue weighted by molar-refractivity contribution is -0.144. The van der Waals surface area contributed by atoms with E-state index in [1.54, 1.807) is 39.0 Å². The number of aryl methyl sites for hydroxylation is 1. The summed E-state index contributed by atoms with van der Waals surface area (Å²) in [6.45, 7) is 11.0. The zero-order chi connectivity index (χ0) is 32.2. The minimum atomic E-state index is -1.09. The molecule has 43 heavy (non-hydrogen) atoms. The number of amides is 3. The Morgan fingerprint density at radius 3 is 2.26 bits per heavy atom. The van der Waals surface area contributed by atoms with Gasteiger partial charge in [0.2, 0.25) is 11.8 Å². The summed E-state index contributed by atoms with van der Waals surface area (Å²) in [5, 5.41) is 15.1. The number of ether oxygens (including phenoxy) is 2. The number of carbonyl (C=O) groups excluding carboxylic acids is 4. The van der Waals surface area contributed by atoms with Crippen molar-refractivity contribution in [2.75, 3.05) is 20.2 Å². The minimum absolute atomic E-state index is 0.0709. The van der Waals surface area contributed by atoms with Crippen LogP contribution in [0.3, 0.4) is 0 Å². The van der Waals surface area contributed by atoms with Gasteiger partial charge in [-0.15, -0.1) is 0 Å². The number of hydrogen-bond donors (Lipinski definition) is 3. The van der Waals surface area contributed by atoms with Gasteiger partial charge < -0.3 is 30.1 Å². The Kier molecular flexibility index (Phi) is 13.5. The number of carbonyl (C=O) groups is 4. The molecule has 2 aromatic carbocycles. The number of methoxy groups -OCH3 is 1. The Hall–Kier alpha value is -4.08. The minimum Gasteiger partial charge on any atom is -0.508 e. The second kappa shape index (κ2) is 16.5. The van der Waals surface area contributed by atoms with Gasteiger partial charge in [-0.05, 0) is 75.4 Å². The summed E-state index contributed by atoms with van der Waals surface area (Å²) in [5.74, 6) is -1.56. The lowest BCUT2D eigenvalue weighted by Gasteiger charge is -2.35. The van der Waals surface area contributed by atoms with Crippen molar-refractivity contribution in [2.24, 2.45) is 0 Å². The van der Waals surface area contributed by atoms with Crippen LogP contribution in [0, 0.1) is 13.8 Å². The highest BCUT2D eigenvalue weighted by atomic mass is 16.6. The first-order valence-electron chi connectivity index (χ1n) is 14.8. The van der Waals surface area contributed by atoms with Gasteiger partial charge in [-0.3, -0.25) is 14.4 Å². The lowest BCUT2D eigenvalue weighted by atomic mass is 9.94. The molecular weight excluding hydrogens is 550 g/mol. The summed E-state index contributed by atoms with van der Waals surface area (Å²) in [4.78, 5) is 54.7. The van der Waals surface area contributed by atoms with Crippen LogP contribution in [0.1, 0.15) is 81.7 Å². The summed E-state index contributed by atoms with van der Waals surface area (Å²) in [7, 11) is 1.23. The van der Waals surface area contributed by atoms with Crippen LogP contribution < -0.4 is 10.6 Å². The van der Waals surface area contributed by atoms with Crippen molar-refractivity contribution in [1.82, 2.24) is 15.5 Å². The Morgan fingerprint density at radius 2 is 1.65 bits per heavy atom. The van der Waals surface area contributed by atoms with E-state index >= 15 is 0 Å². The zero-order valence-electron chi connectivity index (χ0n) is 26.5. The van der Waals surface area contributed by atoms with E-state index in [1.165, 1.54) is 24.1 Å². The number of alkyl carbamates (subject to hydrolysis) is 1. The Bertz CT molecular complexity index is 1240. The van der Waals surface area contributed by atoms with Crippen LogP contribution >= 0.6 is 0 Å². The molecule has 0 aromatic heterocycles. The van der Waals surface area contributed by atoms with Crippen LogP contribution in [0.15, 0.2) is 42.5 Å². The van der Waals surface area contributed by atoms with Gasteiger partial charge in [0.05, 0.1) is 7.11 Å². The fraction of sp³-hybridized carbons (Fsp3) is 0.515. The molecule has 0 saturated carbocycles. The van der Waals surface area contributed by atoms with Crippen LogP contribution in [0.2, 0.25) is 0 Å². The third kappa shape index (κ3) is 11.3. The van der Waals surface area contributed by atoms with Crippen molar-refractivity contribution >= 4 is 23.9 Å². The highest BCUT2D eigenvalue weighted by Crippen LogP contribution is 2.28. The molecule has 0 spiro atoms. The quantitative estimate of drug-likeness (QED) is 0.209. The molecule has 0 aliphatic carbocycles. The van der Waals surface area contributed by atoms with E-state index in [-0.39, 0.29) is 25.3 Å². The van der Waals surface area contributed by atoms with Crippen molar-refractivity contribution in [3.8, 4) is 5.75 Å². The fourth-order valence-corrected chi connectivity index (χ4v) is 4.64. The lowest BCUT2D eigenvalue weighted by Crippen LogP contribution is -2.54. The van der Waals surface area contributed by atoms with Crippen LogP contribution in [0.4, 0.5) is 4.79 Å². The predicted octanol–water partition coefficient (Wildman–Crippen LogP) is 4.88. The van der Waals surface area contributed by atoms with Gasteiger partial charge >= 0.3 is 12.1 Å². The summed E-state index contributed by atoms with van der Waals surface area (Å²) in [6, 6.07) is 9.73. The average molecular weight is 598 g/mol. The first-order chi connectivity index (χ1) is 20.3. The van der Waals surface area contributed by atoms with Crippen molar-refractivity contribution in [3.63, 3.8) is 0 Å². The number of hydrogen-bond acceptors (Lipinski definition) is 7. The molecule has 0 saturated heterocycles. The predicted molar refractivity (Wildman–Crippen MR) is 165 cm³/mol. The molecule has 236 valence electrons. The van der Waals surface area contributed by atoms with Crippen LogP contribution in [-0.4, -0.2) is 65.7 Å². The molecule has 2 rings (SSSR count). The highest BCUT2D eigenvalue weighted by Gasteiger charge is 2.37. The molecular formula is C33H47N3O7. The van der Waals surface area contributed by atoms with E-state index in [9.17, 15) is 24.3 Å². The number of phenols is 1. The largest absolute Gasteiger partial charge is 0.508 e. The molecule has 0 radical (unpaired) electrons. The number of esters is 1. The first kappa shape index (κ1) is 35.1. The van der Waals surface area contributed by atoms with Crippen molar-refractivity contribution in [1.29, 1.82) is 0 Å². The molecule has 2 unspecified atom stereocenters. The third-order valence-corrected chi connectivity index (χ3v) is 7.04. The van der Waals surface area contributed by atoms with Crippen LogP contribution in [0.25, 0.3) is 0 Å². The molecule has 0 aliphatic rings. The van der Waals surface area contributed by atoms with E-state index < -0.39 is 41.6 Å². The third-order valence-electron chi connectivity index (χ3n) is 7.04. The molecule has 10 heteroatoms. The van der Waals surface area contributed by atoms with E-state index in [1.807, 2.05) is 26.0 Å². The van der Waals surface area contributed by atoms with E-state index in [4.69, 9.17) is 9.47 Å². The number of benzene rings is 2. The molecule has 10 nitrogen and oxygen atoms in total. The monoisotopic (exact) mass is 597 g/mol. The number of aromatic hydroxyl groups is 1. The maximum atomic E-state index is 14.5. The summed E-state index contributed by atoms with van der Waals surface area (Å²) >= 11 is 0. The second-order valence-electron chi connectivity index (χ2n) is 11.6. The molecule has 3 amide bonds. The highest BCUT2D eigenvalue weighted by molar-refractivity contribution is 5.93. The van der Waals surface area contributed by atoms with Gasteiger partial charge in [-0.2, -0.15) is 0 Å². The van der Waals surface area contributed by atoms with Crippen molar-refractivity contribution in [3.05, 3.63) is 64.7 Å². The molecule has 0 bridgehead atoms. The van der Waals surface area contributed by atoms with Crippen molar-refractivity contribution in [2.45, 2.75) is 91.3 Å². The van der Waals surface area contributed by atoms with Gasteiger partial charge in [-0.1, -0.05) is 56.5 Å². The standard InChI is InChI=1S/C33H47N3O7/c1-8-9-10-11-19-36(29(30(39)34-21-28(38)42-7)26-14-12-13-22(2)23(26)3)31(40)27(35-32(41)43-33(4,5)6)20-24-15-17-25(37)18-16-24/h12-18,27,29,37H,8-11,19-21H2,1-7H3,(H,34,39)(H,35,41). The first-order valence-corrected chi connectivity index (χ1v) is 14.8. The molecule has 0 fully saturated rings. The number of unbranched alkanes of at least 4 members (excludes halogenated alkanes) is 3. The van der Waals surface area contributed by atoms with Gasteiger partial charge in [0.15, 0.2) is 0 Å². The van der Waals surface area contributed by atoms with Crippen LogP contribution in [-0.2, 0) is 30.3 Å². The van der Waals surface area contributed by atoms with Gasteiger partial charge in [-0.25, -0.2) is 4.79 Å². The Morgan fingerprint density at radius 1 is 0.977 bits per heavy atom. The average Bonchev–Trinajstić information content (AvgIpc) is 2.94. The number of rotatable bonds is 14. The number of nitrogens with zero attached hydrogens (tertiary/aromatic N) is 1. The fourth-order valence-electron chi connectivity index (χ4n) is 4.64. The normalized spacial score (nSPS) is 12.5. The maximum Gasteiger partial charge on any atom is 0.408 e. The Labute approximate surface area is 255 Å². The van der Waals surface area contributed by atoms with Crippen LogP contribution in [0.5, 0.6) is 5.75 Å². The van der Waals surface area contributed by atoms with E-state index in [2.05, 4.69) is 17.6 Å². The number of phenolic OH excluding ortho intramolecular Hbond substituents is 1. The molecule has 3 N–H and O–H groups in total. The van der Waals surface area contributed by atoms with E-state index in [0.717, 1.165) is 30.4 Å². The summed E-state index contributed by atoms with van der Waals surface area (Å²) in [5.41, 5.74) is 2.28. The van der Waals surface area contributed by atoms with Gasteiger partial charge in [0.25, 0.3) is 0 Å². The smallest absolute Gasteiger partial charge is 0.408 e. The summed E-state index contributed by atoms with van der Waals surface area (Å²) < 4.78 is 10.2. The van der Waals surface area contributed by atoms with E-state index in [0.29, 0.717) is 17.5 Å². The second-order valence-corrected chi connectivity index (χ2v) is 11.6. The Balaban J connectivity index is 2.62. The zero-order valence-corrected chi connectivity index (χ0v) is 26.5. The molecule has 0 heterocycles. The van der Waals surface area contributed by atoms with Gasteiger partial charge in [0, 0.05) is 13.0 Å². The van der Waals surface area contributed by atoms with Crippen molar-refractivity contribution < 1.29 is 33.8 Å². The molecule has 0 aliphatic heterocycles.